The third kappa shape index (κ3) is 3.00. The second-order valence-electron chi connectivity index (χ2n) is 5.19. The monoisotopic (exact) mass is 249 g/mol. The standard InChI is InChI=1S/C14H20FN3/c1-2-18(12-5-3-11(15)4-6-12)10-14(7-8-14)9-13(16)17/h3-6H,2,7-10H2,1H3,(H3,16,17). The van der Waals surface area contributed by atoms with Gasteiger partial charge in [0.15, 0.2) is 0 Å². The molecular weight excluding hydrogens is 229 g/mol. The van der Waals surface area contributed by atoms with Crippen molar-refractivity contribution >= 4 is 11.5 Å². The zero-order chi connectivity index (χ0) is 13.2. The SMILES string of the molecule is CCN(CC1(CC(=N)N)CC1)c1ccc(F)cc1. The van der Waals surface area contributed by atoms with Gasteiger partial charge in [0, 0.05) is 25.2 Å². The molecule has 1 saturated carbocycles. The highest BCUT2D eigenvalue weighted by Crippen LogP contribution is 2.49. The van der Waals surface area contributed by atoms with Crippen molar-refractivity contribution in [1.82, 2.24) is 0 Å². The number of hydrogen-bond acceptors (Lipinski definition) is 2. The summed E-state index contributed by atoms with van der Waals surface area (Å²) < 4.78 is 12.9. The van der Waals surface area contributed by atoms with Gasteiger partial charge in [0.1, 0.15) is 5.82 Å². The molecule has 0 radical (unpaired) electrons. The molecule has 3 N–H and O–H groups in total. The van der Waals surface area contributed by atoms with E-state index in [1.165, 1.54) is 12.1 Å². The molecule has 0 spiro atoms. The molecule has 0 aromatic heterocycles. The van der Waals surface area contributed by atoms with E-state index in [1.54, 1.807) is 0 Å². The fourth-order valence-corrected chi connectivity index (χ4v) is 2.41. The Morgan fingerprint density at radius 3 is 2.44 bits per heavy atom. The zero-order valence-corrected chi connectivity index (χ0v) is 10.7. The zero-order valence-electron chi connectivity index (χ0n) is 10.7. The largest absolute Gasteiger partial charge is 0.388 e. The summed E-state index contributed by atoms with van der Waals surface area (Å²) in [7, 11) is 0. The first-order chi connectivity index (χ1) is 8.54. The lowest BCUT2D eigenvalue weighted by molar-refractivity contribution is 0.518. The van der Waals surface area contributed by atoms with Gasteiger partial charge in [-0.2, -0.15) is 0 Å². The van der Waals surface area contributed by atoms with Gasteiger partial charge in [-0.05, 0) is 49.4 Å². The van der Waals surface area contributed by atoms with Crippen LogP contribution in [0.1, 0.15) is 26.2 Å². The molecule has 1 fully saturated rings. The minimum absolute atomic E-state index is 0.177. The fourth-order valence-electron chi connectivity index (χ4n) is 2.41. The van der Waals surface area contributed by atoms with E-state index in [0.29, 0.717) is 6.42 Å². The molecule has 1 aliphatic rings. The van der Waals surface area contributed by atoms with Crippen LogP contribution < -0.4 is 10.6 Å². The summed E-state index contributed by atoms with van der Waals surface area (Å²) >= 11 is 0. The number of halogens is 1. The Morgan fingerprint density at radius 2 is 2.00 bits per heavy atom. The smallest absolute Gasteiger partial charge is 0.123 e. The van der Waals surface area contributed by atoms with Crippen molar-refractivity contribution < 1.29 is 4.39 Å². The number of rotatable bonds is 6. The Labute approximate surface area is 107 Å². The lowest BCUT2D eigenvalue weighted by Gasteiger charge is -2.28. The summed E-state index contributed by atoms with van der Waals surface area (Å²) in [6, 6.07) is 6.59. The normalized spacial score (nSPS) is 16.3. The van der Waals surface area contributed by atoms with Crippen LogP contribution in [0.15, 0.2) is 24.3 Å². The van der Waals surface area contributed by atoms with Crippen molar-refractivity contribution in [3.63, 3.8) is 0 Å². The average molecular weight is 249 g/mol. The minimum Gasteiger partial charge on any atom is -0.388 e. The number of anilines is 1. The molecule has 3 nitrogen and oxygen atoms in total. The van der Waals surface area contributed by atoms with Gasteiger partial charge in [0.2, 0.25) is 0 Å². The first kappa shape index (κ1) is 12.9. The second kappa shape index (κ2) is 4.96. The Bertz CT molecular complexity index is 423. The van der Waals surface area contributed by atoms with Crippen molar-refractivity contribution in [3.8, 4) is 0 Å². The van der Waals surface area contributed by atoms with E-state index in [-0.39, 0.29) is 17.1 Å². The summed E-state index contributed by atoms with van der Waals surface area (Å²) in [6.07, 6.45) is 2.93. The van der Waals surface area contributed by atoms with Crippen LogP contribution in [0.25, 0.3) is 0 Å². The number of nitrogens with one attached hydrogen (secondary N) is 1. The molecule has 1 aliphatic carbocycles. The highest BCUT2D eigenvalue weighted by Gasteiger charge is 2.44. The van der Waals surface area contributed by atoms with Crippen LogP contribution in [-0.2, 0) is 0 Å². The third-order valence-corrected chi connectivity index (χ3v) is 3.62. The number of nitrogens with two attached hydrogens (primary N) is 1. The Hall–Kier alpha value is -1.58. The predicted molar refractivity (Wildman–Crippen MR) is 72.5 cm³/mol. The molecule has 0 saturated heterocycles. The molecule has 0 heterocycles. The molecule has 98 valence electrons. The van der Waals surface area contributed by atoms with E-state index in [9.17, 15) is 4.39 Å². The molecule has 4 heteroatoms. The molecular formula is C14H20FN3. The molecule has 0 unspecified atom stereocenters. The predicted octanol–water partition coefficient (Wildman–Crippen LogP) is 2.76. The van der Waals surface area contributed by atoms with Crippen LogP contribution in [0.4, 0.5) is 10.1 Å². The van der Waals surface area contributed by atoms with Crippen molar-refractivity contribution in [2.24, 2.45) is 11.1 Å². The fraction of sp³-hybridized carbons (Fsp3) is 0.500. The topological polar surface area (TPSA) is 53.1 Å². The summed E-state index contributed by atoms with van der Waals surface area (Å²) in [4.78, 5) is 2.23. The van der Waals surface area contributed by atoms with E-state index in [4.69, 9.17) is 11.1 Å². The van der Waals surface area contributed by atoms with Crippen molar-refractivity contribution in [2.45, 2.75) is 26.2 Å². The molecule has 0 amide bonds. The van der Waals surface area contributed by atoms with Gasteiger partial charge in [0.25, 0.3) is 0 Å². The maximum Gasteiger partial charge on any atom is 0.123 e. The Kier molecular flexibility index (Phi) is 3.55. The van der Waals surface area contributed by atoms with Crippen molar-refractivity contribution in [2.75, 3.05) is 18.0 Å². The van der Waals surface area contributed by atoms with Crippen LogP contribution in [-0.4, -0.2) is 18.9 Å². The van der Waals surface area contributed by atoms with Gasteiger partial charge in [-0.25, -0.2) is 4.39 Å². The van der Waals surface area contributed by atoms with Gasteiger partial charge >= 0.3 is 0 Å². The quantitative estimate of drug-likeness (QED) is 0.601. The number of hydrogen-bond donors (Lipinski definition) is 2. The third-order valence-electron chi connectivity index (χ3n) is 3.62. The lowest BCUT2D eigenvalue weighted by atomic mass is 10.0. The summed E-state index contributed by atoms with van der Waals surface area (Å²) in [5.41, 5.74) is 6.72. The summed E-state index contributed by atoms with van der Waals surface area (Å²) in [5.74, 6) is 0.0577. The maximum atomic E-state index is 12.9. The van der Waals surface area contributed by atoms with Crippen LogP contribution in [0, 0.1) is 16.6 Å². The number of amidine groups is 1. The Balaban J connectivity index is 2.06. The van der Waals surface area contributed by atoms with E-state index >= 15 is 0 Å². The minimum atomic E-state index is -0.209. The second-order valence-corrected chi connectivity index (χ2v) is 5.19. The molecule has 18 heavy (non-hydrogen) atoms. The van der Waals surface area contributed by atoms with Gasteiger partial charge in [-0.1, -0.05) is 0 Å². The van der Waals surface area contributed by atoms with E-state index in [1.807, 2.05) is 12.1 Å². The lowest BCUT2D eigenvalue weighted by Crippen LogP contribution is -2.32. The van der Waals surface area contributed by atoms with E-state index < -0.39 is 0 Å². The molecule has 2 rings (SSSR count). The number of benzene rings is 1. The van der Waals surface area contributed by atoms with Crippen LogP contribution >= 0.6 is 0 Å². The van der Waals surface area contributed by atoms with Gasteiger partial charge in [0.05, 0.1) is 5.84 Å². The van der Waals surface area contributed by atoms with Crippen molar-refractivity contribution in [3.05, 3.63) is 30.1 Å². The molecule has 0 aliphatic heterocycles. The van der Waals surface area contributed by atoms with Crippen LogP contribution in [0.5, 0.6) is 0 Å². The van der Waals surface area contributed by atoms with E-state index in [0.717, 1.165) is 31.6 Å². The van der Waals surface area contributed by atoms with Crippen LogP contribution in [0.3, 0.4) is 0 Å². The van der Waals surface area contributed by atoms with E-state index in [2.05, 4.69) is 11.8 Å². The van der Waals surface area contributed by atoms with Crippen LogP contribution in [0.2, 0.25) is 0 Å². The molecule has 0 bridgehead atoms. The molecule has 1 aromatic rings. The average Bonchev–Trinajstić information content (AvgIpc) is 3.06. The first-order valence-corrected chi connectivity index (χ1v) is 6.38. The van der Waals surface area contributed by atoms with Gasteiger partial charge in [-0.3, -0.25) is 5.41 Å². The summed E-state index contributed by atoms with van der Waals surface area (Å²) in [5, 5.41) is 7.43. The summed E-state index contributed by atoms with van der Waals surface area (Å²) in [6.45, 7) is 3.87. The van der Waals surface area contributed by atoms with Gasteiger partial charge < -0.3 is 10.6 Å². The highest BCUT2D eigenvalue weighted by molar-refractivity contribution is 5.78. The highest BCUT2D eigenvalue weighted by atomic mass is 19.1. The van der Waals surface area contributed by atoms with Crippen molar-refractivity contribution in [1.29, 1.82) is 5.41 Å². The first-order valence-electron chi connectivity index (χ1n) is 6.38. The molecule has 0 atom stereocenters. The number of nitrogens with zero attached hydrogens (tertiary/aromatic N) is 1. The van der Waals surface area contributed by atoms with Gasteiger partial charge in [-0.15, -0.1) is 0 Å². The maximum absolute atomic E-state index is 12.9. The molecule has 1 aromatic carbocycles. The Morgan fingerprint density at radius 1 is 1.39 bits per heavy atom.